The molecular weight excluding hydrogens is 400 g/mol. The second-order valence-corrected chi connectivity index (χ2v) is 6.96. The minimum atomic E-state index is -0.276. The summed E-state index contributed by atoms with van der Waals surface area (Å²) in [4.78, 5) is 21.4. The molecule has 3 rings (SSSR count). The maximum Gasteiger partial charge on any atom is 0.257 e. The number of halogens is 1. The van der Waals surface area contributed by atoms with Gasteiger partial charge in [-0.25, -0.2) is 4.99 Å². The van der Waals surface area contributed by atoms with Crippen molar-refractivity contribution in [3.63, 3.8) is 0 Å². The van der Waals surface area contributed by atoms with Gasteiger partial charge in [-0.05, 0) is 73.5 Å². The lowest BCUT2D eigenvalue weighted by Gasteiger charge is -2.14. The van der Waals surface area contributed by atoms with Crippen molar-refractivity contribution in [3.05, 3.63) is 88.7 Å². The molecule has 0 atom stereocenters. The first-order valence-corrected chi connectivity index (χ1v) is 9.93. The number of nitrogens with one attached hydrogen (secondary N) is 2. The summed E-state index contributed by atoms with van der Waals surface area (Å²) in [5, 5.41) is 6.69. The molecular formula is C23H23ClN4O2. The van der Waals surface area contributed by atoms with Gasteiger partial charge >= 0.3 is 0 Å². The normalized spacial score (nSPS) is 11.1. The molecule has 0 saturated heterocycles. The molecule has 30 heavy (non-hydrogen) atoms. The molecule has 3 aromatic rings. The molecule has 154 valence electrons. The second kappa shape index (κ2) is 10.4. The van der Waals surface area contributed by atoms with Crippen LogP contribution < -0.4 is 15.4 Å². The van der Waals surface area contributed by atoms with Crippen molar-refractivity contribution in [1.29, 1.82) is 0 Å². The van der Waals surface area contributed by atoms with Gasteiger partial charge in [0.05, 0.1) is 13.2 Å². The molecule has 0 spiro atoms. The Balaban J connectivity index is 1.79. The highest BCUT2D eigenvalue weighted by molar-refractivity contribution is 6.30. The maximum atomic E-state index is 12.8. The number of ether oxygens (including phenoxy) is 1. The maximum absolute atomic E-state index is 12.8. The molecule has 0 radical (unpaired) electrons. The zero-order valence-corrected chi connectivity index (χ0v) is 17.6. The van der Waals surface area contributed by atoms with Crippen LogP contribution in [0, 0.1) is 6.92 Å². The summed E-state index contributed by atoms with van der Waals surface area (Å²) < 4.78 is 5.43. The van der Waals surface area contributed by atoms with Gasteiger partial charge in [0.1, 0.15) is 5.75 Å². The van der Waals surface area contributed by atoms with Crippen LogP contribution >= 0.6 is 11.6 Å². The van der Waals surface area contributed by atoms with E-state index in [1.807, 2.05) is 38.1 Å². The largest absolute Gasteiger partial charge is 0.494 e. The van der Waals surface area contributed by atoms with Gasteiger partial charge in [0.25, 0.3) is 5.91 Å². The van der Waals surface area contributed by atoms with Crippen LogP contribution in [0.15, 0.2) is 72.0 Å². The number of aromatic nitrogens is 1. The van der Waals surface area contributed by atoms with Gasteiger partial charge in [-0.2, -0.15) is 0 Å². The highest BCUT2D eigenvalue weighted by Gasteiger charge is 2.11. The lowest BCUT2D eigenvalue weighted by atomic mass is 10.2. The van der Waals surface area contributed by atoms with Crippen molar-refractivity contribution in [2.45, 2.75) is 20.4 Å². The van der Waals surface area contributed by atoms with Gasteiger partial charge in [-0.3, -0.25) is 15.1 Å². The van der Waals surface area contributed by atoms with E-state index in [9.17, 15) is 4.79 Å². The van der Waals surface area contributed by atoms with Gasteiger partial charge in [0, 0.05) is 28.7 Å². The molecule has 7 heteroatoms. The number of anilines is 1. The van der Waals surface area contributed by atoms with E-state index in [0.29, 0.717) is 29.7 Å². The fourth-order valence-corrected chi connectivity index (χ4v) is 2.94. The molecule has 0 unspecified atom stereocenters. The number of carbonyl (C=O) groups is 1. The van der Waals surface area contributed by atoms with Gasteiger partial charge in [0.2, 0.25) is 5.96 Å². The summed E-state index contributed by atoms with van der Waals surface area (Å²) in [7, 11) is 0. The van der Waals surface area contributed by atoms with Gasteiger partial charge in [-0.15, -0.1) is 0 Å². The van der Waals surface area contributed by atoms with Crippen molar-refractivity contribution in [2.24, 2.45) is 4.99 Å². The van der Waals surface area contributed by atoms with E-state index in [4.69, 9.17) is 16.3 Å². The predicted octanol–water partition coefficient (Wildman–Crippen LogP) is 4.84. The zero-order chi connectivity index (χ0) is 21.3. The van der Waals surface area contributed by atoms with Gasteiger partial charge in [0.15, 0.2) is 0 Å². The topological polar surface area (TPSA) is 75.6 Å². The number of rotatable bonds is 6. The van der Waals surface area contributed by atoms with E-state index in [1.54, 1.807) is 42.7 Å². The number of hydrogen-bond acceptors (Lipinski definition) is 4. The molecule has 2 N–H and O–H groups in total. The molecule has 1 amide bonds. The van der Waals surface area contributed by atoms with E-state index in [-0.39, 0.29) is 5.91 Å². The molecule has 0 fully saturated rings. The average Bonchev–Trinajstić information content (AvgIpc) is 2.75. The molecule has 2 aromatic carbocycles. The third-order valence-electron chi connectivity index (χ3n) is 4.24. The Morgan fingerprint density at radius 3 is 2.63 bits per heavy atom. The minimum Gasteiger partial charge on any atom is -0.494 e. The third-order valence-corrected chi connectivity index (χ3v) is 4.48. The smallest absolute Gasteiger partial charge is 0.257 e. The Hall–Kier alpha value is -3.38. The quantitative estimate of drug-likeness (QED) is 0.440. The van der Waals surface area contributed by atoms with Crippen molar-refractivity contribution in [3.8, 4) is 5.75 Å². The zero-order valence-electron chi connectivity index (χ0n) is 16.9. The summed E-state index contributed by atoms with van der Waals surface area (Å²) in [5.41, 5.74) is 3.17. The van der Waals surface area contributed by atoms with Crippen LogP contribution in [0.2, 0.25) is 5.02 Å². The Labute approximate surface area is 181 Å². The van der Waals surface area contributed by atoms with Crippen LogP contribution in [0.4, 0.5) is 5.69 Å². The Kier molecular flexibility index (Phi) is 7.40. The van der Waals surface area contributed by atoms with Crippen molar-refractivity contribution >= 4 is 29.2 Å². The van der Waals surface area contributed by atoms with E-state index >= 15 is 0 Å². The van der Waals surface area contributed by atoms with Crippen LogP contribution in [0.25, 0.3) is 0 Å². The fourth-order valence-electron chi connectivity index (χ4n) is 2.72. The van der Waals surface area contributed by atoms with E-state index in [2.05, 4.69) is 20.6 Å². The predicted molar refractivity (Wildman–Crippen MR) is 120 cm³/mol. The van der Waals surface area contributed by atoms with E-state index < -0.39 is 0 Å². The highest BCUT2D eigenvalue weighted by atomic mass is 35.5. The number of pyridine rings is 1. The molecule has 1 aromatic heterocycles. The first-order chi connectivity index (χ1) is 14.5. The summed E-state index contributed by atoms with van der Waals surface area (Å²) in [6.07, 6.45) is 3.44. The van der Waals surface area contributed by atoms with Crippen molar-refractivity contribution < 1.29 is 9.53 Å². The highest BCUT2D eigenvalue weighted by Crippen LogP contribution is 2.19. The van der Waals surface area contributed by atoms with Crippen LogP contribution in [-0.4, -0.2) is 23.5 Å². The van der Waals surface area contributed by atoms with Crippen molar-refractivity contribution in [1.82, 2.24) is 10.3 Å². The summed E-state index contributed by atoms with van der Waals surface area (Å²) in [6, 6.07) is 16.2. The minimum absolute atomic E-state index is 0.276. The average molecular weight is 423 g/mol. The number of guanidine groups is 1. The van der Waals surface area contributed by atoms with Crippen LogP contribution in [-0.2, 0) is 6.54 Å². The molecule has 0 aliphatic carbocycles. The first kappa shape index (κ1) is 21.3. The standard InChI is InChI=1S/C23H23ClN4O2/c1-3-30-20-9-6-18(7-10-20)22(29)28-23(26-15-17-5-4-12-25-14-17)27-21-11-8-19(24)13-16(21)2/h4-14H,3,15H2,1-2H3,(H2,26,27,28,29). The lowest BCUT2D eigenvalue weighted by Crippen LogP contribution is -2.36. The number of amides is 1. The second-order valence-electron chi connectivity index (χ2n) is 6.52. The van der Waals surface area contributed by atoms with Crippen LogP contribution in [0.5, 0.6) is 5.75 Å². The number of carbonyl (C=O) groups excluding carboxylic acids is 1. The third kappa shape index (κ3) is 6.06. The SMILES string of the molecule is CCOc1ccc(C(=O)NC(=NCc2cccnc2)Nc2ccc(Cl)cc2C)cc1. The number of aryl methyl sites for hydroxylation is 1. The molecule has 0 aliphatic rings. The van der Waals surface area contributed by atoms with Crippen molar-refractivity contribution in [2.75, 3.05) is 11.9 Å². The van der Waals surface area contributed by atoms with Gasteiger partial charge in [-0.1, -0.05) is 17.7 Å². The fraction of sp³-hybridized carbons (Fsp3) is 0.174. The molecule has 1 heterocycles. The van der Waals surface area contributed by atoms with E-state index in [0.717, 1.165) is 22.6 Å². The number of nitrogens with zero attached hydrogens (tertiary/aromatic N) is 2. The molecule has 6 nitrogen and oxygen atoms in total. The summed E-state index contributed by atoms with van der Waals surface area (Å²) in [6.45, 7) is 4.78. The monoisotopic (exact) mass is 422 g/mol. The number of aliphatic imine (C=N–C) groups is 1. The lowest BCUT2D eigenvalue weighted by molar-refractivity contribution is 0.0977. The number of benzene rings is 2. The Morgan fingerprint density at radius 2 is 1.97 bits per heavy atom. The molecule has 0 aliphatic heterocycles. The summed E-state index contributed by atoms with van der Waals surface area (Å²) >= 11 is 6.05. The Bertz CT molecular complexity index is 1020. The molecule has 0 bridgehead atoms. The Morgan fingerprint density at radius 1 is 1.17 bits per heavy atom. The van der Waals surface area contributed by atoms with Crippen LogP contribution in [0.1, 0.15) is 28.4 Å². The molecule has 0 saturated carbocycles. The van der Waals surface area contributed by atoms with Gasteiger partial charge < -0.3 is 10.1 Å². The van der Waals surface area contributed by atoms with E-state index in [1.165, 1.54) is 0 Å². The number of hydrogen-bond donors (Lipinski definition) is 2. The first-order valence-electron chi connectivity index (χ1n) is 9.56. The van der Waals surface area contributed by atoms with Crippen LogP contribution in [0.3, 0.4) is 0 Å². The summed E-state index contributed by atoms with van der Waals surface area (Å²) in [5.74, 6) is 0.777.